The highest BCUT2D eigenvalue weighted by atomic mass is 35.5. The van der Waals surface area contributed by atoms with E-state index in [9.17, 15) is 14.9 Å². The van der Waals surface area contributed by atoms with Crippen LogP contribution in [0.2, 0.25) is 5.02 Å². The molecule has 0 radical (unpaired) electrons. The van der Waals surface area contributed by atoms with Gasteiger partial charge in [0.05, 0.1) is 12.0 Å². The zero-order valence-electron chi connectivity index (χ0n) is 13.6. The molecule has 0 fully saturated rings. The first-order valence-electron chi connectivity index (χ1n) is 7.52. The maximum Gasteiger partial charge on any atom is 0.288 e. The second kappa shape index (κ2) is 8.84. The van der Waals surface area contributed by atoms with Crippen LogP contribution in [0.15, 0.2) is 48.5 Å². The van der Waals surface area contributed by atoms with Crippen molar-refractivity contribution in [3.63, 3.8) is 0 Å². The lowest BCUT2D eigenvalue weighted by atomic mass is 10.1. The summed E-state index contributed by atoms with van der Waals surface area (Å²) in [5.41, 5.74) is 1.42. The van der Waals surface area contributed by atoms with Crippen LogP contribution in [-0.4, -0.2) is 24.5 Å². The molecule has 0 bridgehead atoms. The Labute approximate surface area is 150 Å². The number of methoxy groups -OCH3 is 1. The Morgan fingerprint density at radius 1 is 1.28 bits per heavy atom. The van der Waals surface area contributed by atoms with E-state index in [-0.39, 0.29) is 16.6 Å². The number of carbonyl (C=O) groups is 1. The van der Waals surface area contributed by atoms with E-state index < -0.39 is 4.92 Å². The molecule has 2 aromatic carbocycles. The number of nitro benzene ring substituents is 1. The van der Waals surface area contributed by atoms with Gasteiger partial charge in [-0.05, 0) is 41.8 Å². The van der Waals surface area contributed by atoms with Gasteiger partial charge in [0.15, 0.2) is 0 Å². The van der Waals surface area contributed by atoms with E-state index in [2.05, 4.69) is 5.32 Å². The van der Waals surface area contributed by atoms with E-state index in [0.29, 0.717) is 18.5 Å². The lowest BCUT2D eigenvalue weighted by Crippen LogP contribution is -2.23. The predicted molar refractivity (Wildman–Crippen MR) is 96.8 cm³/mol. The summed E-state index contributed by atoms with van der Waals surface area (Å²) in [5.74, 6) is 0.513. The average molecular weight is 361 g/mol. The van der Waals surface area contributed by atoms with Crippen molar-refractivity contribution in [1.82, 2.24) is 5.32 Å². The summed E-state index contributed by atoms with van der Waals surface area (Å²) in [6.45, 7) is 0.482. The van der Waals surface area contributed by atoms with Crippen molar-refractivity contribution in [2.24, 2.45) is 0 Å². The molecule has 2 aromatic rings. The molecule has 2 rings (SSSR count). The van der Waals surface area contributed by atoms with Gasteiger partial charge in [-0.3, -0.25) is 14.9 Å². The third-order valence-corrected chi connectivity index (χ3v) is 3.79. The van der Waals surface area contributed by atoms with E-state index in [1.54, 1.807) is 13.2 Å². The predicted octanol–water partition coefficient (Wildman–Crippen LogP) is 3.63. The monoisotopic (exact) mass is 360 g/mol. The lowest BCUT2D eigenvalue weighted by molar-refractivity contribution is -0.384. The SMILES string of the molecule is COc1ccc(CCNC(=O)/C=C/c2ccc(Cl)c([N+](=O)[O-])c2)cc1. The molecule has 0 aliphatic heterocycles. The lowest BCUT2D eigenvalue weighted by Gasteiger charge is -2.04. The summed E-state index contributed by atoms with van der Waals surface area (Å²) >= 11 is 5.75. The van der Waals surface area contributed by atoms with Crippen LogP contribution in [0.4, 0.5) is 5.69 Å². The molecule has 130 valence electrons. The van der Waals surface area contributed by atoms with Gasteiger partial charge in [0.1, 0.15) is 10.8 Å². The van der Waals surface area contributed by atoms with Gasteiger partial charge in [-0.2, -0.15) is 0 Å². The van der Waals surface area contributed by atoms with Crippen molar-refractivity contribution in [2.75, 3.05) is 13.7 Å². The molecule has 0 atom stereocenters. The van der Waals surface area contributed by atoms with Gasteiger partial charge in [-0.1, -0.05) is 29.8 Å². The van der Waals surface area contributed by atoms with E-state index in [4.69, 9.17) is 16.3 Å². The van der Waals surface area contributed by atoms with Gasteiger partial charge >= 0.3 is 0 Å². The maximum atomic E-state index is 11.8. The molecule has 25 heavy (non-hydrogen) atoms. The quantitative estimate of drug-likeness (QED) is 0.464. The maximum absolute atomic E-state index is 11.8. The van der Waals surface area contributed by atoms with Crippen molar-refractivity contribution >= 4 is 29.3 Å². The zero-order valence-corrected chi connectivity index (χ0v) is 14.3. The summed E-state index contributed by atoms with van der Waals surface area (Å²) < 4.78 is 5.09. The highest BCUT2D eigenvalue weighted by molar-refractivity contribution is 6.32. The van der Waals surface area contributed by atoms with Crippen LogP contribution in [0.3, 0.4) is 0 Å². The topological polar surface area (TPSA) is 81.5 Å². The van der Waals surface area contributed by atoms with Crippen LogP contribution < -0.4 is 10.1 Å². The van der Waals surface area contributed by atoms with Crippen LogP contribution in [0.25, 0.3) is 6.08 Å². The number of amides is 1. The minimum Gasteiger partial charge on any atom is -0.497 e. The molecule has 0 heterocycles. The molecule has 1 N–H and O–H groups in total. The van der Waals surface area contributed by atoms with Gasteiger partial charge in [0.25, 0.3) is 5.69 Å². The number of benzene rings is 2. The van der Waals surface area contributed by atoms with Crippen LogP contribution >= 0.6 is 11.6 Å². The molecular formula is C18H17ClN2O4. The number of nitrogens with one attached hydrogen (secondary N) is 1. The van der Waals surface area contributed by atoms with E-state index in [1.165, 1.54) is 24.3 Å². The fourth-order valence-corrected chi connectivity index (χ4v) is 2.31. The minimum atomic E-state index is -0.561. The van der Waals surface area contributed by atoms with Gasteiger partial charge in [-0.25, -0.2) is 0 Å². The van der Waals surface area contributed by atoms with Crippen molar-refractivity contribution < 1.29 is 14.5 Å². The second-order valence-corrected chi connectivity index (χ2v) is 5.60. The first-order chi connectivity index (χ1) is 12.0. The van der Waals surface area contributed by atoms with Crippen LogP contribution in [0, 0.1) is 10.1 Å². The Hall–Kier alpha value is -2.86. The summed E-state index contributed by atoms with van der Waals surface area (Å²) in [4.78, 5) is 22.1. The van der Waals surface area contributed by atoms with Crippen molar-refractivity contribution in [2.45, 2.75) is 6.42 Å². The number of hydrogen-bond acceptors (Lipinski definition) is 4. The van der Waals surface area contributed by atoms with E-state index >= 15 is 0 Å². The molecule has 0 saturated carbocycles. The summed E-state index contributed by atoms with van der Waals surface area (Å²) in [5, 5.41) is 13.7. The number of nitrogens with zero attached hydrogens (tertiary/aromatic N) is 1. The Kier molecular flexibility index (Phi) is 6.54. The van der Waals surface area contributed by atoms with E-state index in [1.807, 2.05) is 24.3 Å². The third kappa shape index (κ3) is 5.61. The summed E-state index contributed by atoms with van der Waals surface area (Å²) in [6, 6.07) is 12.0. The fraction of sp³-hybridized carbons (Fsp3) is 0.167. The van der Waals surface area contributed by atoms with E-state index in [0.717, 1.165) is 11.3 Å². The first-order valence-corrected chi connectivity index (χ1v) is 7.90. The highest BCUT2D eigenvalue weighted by Crippen LogP contribution is 2.25. The smallest absolute Gasteiger partial charge is 0.288 e. The molecule has 0 aliphatic rings. The summed E-state index contributed by atoms with van der Waals surface area (Å²) in [7, 11) is 1.61. The van der Waals surface area contributed by atoms with Gasteiger partial charge in [0, 0.05) is 18.7 Å². The normalized spacial score (nSPS) is 10.6. The molecule has 1 amide bonds. The molecule has 0 saturated heterocycles. The Bertz CT molecular complexity index is 788. The Morgan fingerprint density at radius 2 is 2.00 bits per heavy atom. The standard InChI is InChI=1S/C18H17ClN2O4/c1-25-15-6-2-13(3-7-15)10-11-20-18(22)9-5-14-4-8-16(19)17(12-14)21(23)24/h2-9,12H,10-11H2,1H3,(H,20,22)/b9-5+. The molecule has 0 aliphatic carbocycles. The first kappa shape index (κ1) is 18.5. The molecule has 0 unspecified atom stereocenters. The number of halogens is 1. The van der Waals surface area contributed by atoms with Crippen LogP contribution in [0.5, 0.6) is 5.75 Å². The average Bonchev–Trinajstić information content (AvgIpc) is 2.61. The largest absolute Gasteiger partial charge is 0.497 e. The van der Waals surface area contributed by atoms with Gasteiger partial charge < -0.3 is 10.1 Å². The minimum absolute atomic E-state index is 0.0612. The zero-order chi connectivity index (χ0) is 18.2. The Balaban J connectivity index is 1.86. The van der Waals surface area contributed by atoms with Crippen molar-refractivity contribution in [3.05, 3.63) is 74.8 Å². The van der Waals surface area contributed by atoms with Gasteiger partial charge in [0.2, 0.25) is 5.91 Å². The third-order valence-electron chi connectivity index (χ3n) is 3.47. The van der Waals surface area contributed by atoms with Crippen LogP contribution in [-0.2, 0) is 11.2 Å². The number of hydrogen-bond donors (Lipinski definition) is 1. The number of carbonyl (C=O) groups excluding carboxylic acids is 1. The number of ether oxygens (including phenoxy) is 1. The molecule has 0 spiro atoms. The Morgan fingerprint density at radius 3 is 2.64 bits per heavy atom. The van der Waals surface area contributed by atoms with Crippen LogP contribution in [0.1, 0.15) is 11.1 Å². The molecule has 6 nitrogen and oxygen atoms in total. The van der Waals surface area contributed by atoms with Crippen molar-refractivity contribution in [3.8, 4) is 5.75 Å². The fourth-order valence-electron chi connectivity index (χ4n) is 2.13. The highest BCUT2D eigenvalue weighted by Gasteiger charge is 2.11. The van der Waals surface area contributed by atoms with Gasteiger partial charge in [-0.15, -0.1) is 0 Å². The summed E-state index contributed by atoms with van der Waals surface area (Å²) in [6.07, 6.45) is 3.53. The number of nitro groups is 1. The second-order valence-electron chi connectivity index (χ2n) is 5.19. The molecule has 0 aromatic heterocycles. The molecular weight excluding hydrogens is 344 g/mol. The van der Waals surface area contributed by atoms with Crippen molar-refractivity contribution in [1.29, 1.82) is 0 Å². The molecule has 7 heteroatoms. The number of rotatable bonds is 7.